The van der Waals surface area contributed by atoms with Crippen molar-refractivity contribution in [2.24, 2.45) is 0 Å². The van der Waals surface area contributed by atoms with Crippen molar-refractivity contribution in [1.29, 1.82) is 0 Å². The molecule has 0 bridgehead atoms. The van der Waals surface area contributed by atoms with Crippen LogP contribution in [-0.4, -0.2) is 49.0 Å². The third-order valence-corrected chi connectivity index (χ3v) is 5.14. The van der Waals surface area contributed by atoms with Gasteiger partial charge >= 0.3 is 0 Å². The topological polar surface area (TPSA) is 89.9 Å². The van der Waals surface area contributed by atoms with E-state index in [4.69, 9.17) is 4.52 Å². The molecular weight excluding hydrogens is 356 g/mol. The zero-order chi connectivity index (χ0) is 19.5. The van der Waals surface area contributed by atoms with Crippen LogP contribution in [0.25, 0.3) is 11.6 Å². The largest absolute Gasteiger partial charge is 0.342 e. The van der Waals surface area contributed by atoms with Gasteiger partial charge in [-0.05, 0) is 25.3 Å². The molecule has 3 aromatic rings. The van der Waals surface area contributed by atoms with Gasteiger partial charge in [0, 0.05) is 19.5 Å². The number of benzene rings is 1. The lowest BCUT2D eigenvalue weighted by Gasteiger charge is -2.32. The van der Waals surface area contributed by atoms with E-state index in [-0.39, 0.29) is 11.9 Å². The van der Waals surface area contributed by atoms with Crippen molar-refractivity contribution >= 4 is 5.91 Å². The molecule has 28 heavy (non-hydrogen) atoms. The average molecular weight is 380 g/mol. The smallest absolute Gasteiger partial charge is 0.280 e. The Balaban J connectivity index is 1.34. The van der Waals surface area contributed by atoms with E-state index < -0.39 is 0 Å². The van der Waals surface area contributed by atoms with Crippen molar-refractivity contribution in [3.63, 3.8) is 0 Å². The fourth-order valence-electron chi connectivity index (χ4n) is 3.54. The molecule has 4 rings (SSSR count). The highest BCUT2D eigenvalue weighted by atomic mass is 16.5. The van der Waals surface area contributed by atoms with E-state index in [0.29, 0.717) is 30.3 Å². The van der Waals surface area contributed by atoms with E-state index in [9.17, 15) is 4.79 Å². The maximum Gasteiger partial charge on any atom is 0.280 e. The molecule has 3 heterocycles. The molecule has 1 fully saturated rings. The molecule has 0 aliphatic carbocycles. The fourth-order valence-corrected chi connectivity index (χ4v) is 3.54. The van der Waals surface area contributed by atoms with Gasteiger partial charge in [0.1, 0.15) is 0 Å². The molecule has 0 atom stereocenters. The normalized spacial score (nSPS) is 15.1. The van der Waals surface area contributed by atoms with Crippen molar-refractivity contribution in [3.8, 4) is 11.6 Å². The molecule has 1 aliphatic heterocycles. The van der Waals surface area contributed by atoms with Crippen LogP contribution in [0, 0.1) is 6.92 Å². The zero-order valence-electron chi connectivity index (χ0n) is 16.2. The van der Waals surface area contributed by atoms with Crippen molar-refractivity contribution in [1.82, 2.24) is 30.0 Å². The number of carbonyl (C=O) groups excluding carboxylic acids is 1. The highest BCUT2D eigenvalue weighted by Crippen LogP contribution is 2.24. The monoisotopic (exact) mass is 380 g/mol. The first-order valence-corrected chi connectivity index (χ1v) is 9.70. The molecule has 0 spiro atoms. The number of hydrogen-bond donors (Lipinski definition) is 0. The summed E-state index contributed by atoms with van der Waals surface area (Å²) in [6.45, 7) is 5.47. The number of piperidine rings is 1. The van der Waals surface area contributed by atoms with Crippen molar-refractivity contribution in [3.05, 3.63) is 47.4 Å². The molecule has 8 nitrogen and oxygen atoms in total. The minimum atomic E-state index is 0.182. The third-order valence-electron chi connectivity index (χ3n) is 5.14. The summed E-state index contributed by atoms with van der Waals surface area (Å²) in [5.74, 6) is 1.24. The molecule has 1 aromatic carbocycles. The Hall–Kier alpha value is -3.03. The maximum absolute atomic E-state index is 12.6. The first-order chi connectivity index (χ1) is 13.6. The number of carbonyl (C=O) groups is 1. The molecule has 146 valence electrons. The highest BCUT2D eigenvalue weighted by molar-refractivity contribution is 5.78. The van der Waals surface area contributed by atoms with Crippen LogP contribution in [0.3, 0.4) is 0 Å². The number of aromatic nitrogens is 5. The predicted molar refractivity (Wildman–Crippen MR) is 102 cm³/mol. The van der Waals surface area contributed by atoms with Gasteiger partial charge < -0.3 is 9.42 Å². The maximum atomic E-state index is 12.6. The Morgan fingerprint density at radius 1 is 1.29 bits per heavy atom. The van der Waals surface area contributed by atoms with Crippen LogP contribution in [0.4, 0.5) is 0 Å². The molecule has 8 heteroatoms. The summed E-state index contributed by atoms with van der Waals surface area (Å²) in [6, 6.07) is 8.35. The lowest BCUT2D eigenvalue weighted by atomic mass is 10.0. The van der Waals surface area contributed by atoms with Gasteiger partial charge in [0.05, 0.1) is 18.7 Å². The predicted octanol–water partition coefficient (Wildman–Crippen LogP) is 2.61. The van der Waals surface area contributed by atoms with E-state index in [2.05, 4.69) is 26.5 Å². The number of rotatable bonds is 5. The molecular formula is C20H24N6O2. The van der Waals surface area contributed by atoms with E-state index >= 15 is 0 Å². The SMILES string of the molecule is CCc1noc(-c2cn(C3CCN(C(=O)Cc4cccc(C)c4)CC3)nn2)n1. The van der Waals surface area contributed by atoms with Gasteiger partial charge in [0.15, 0.2) is 11.5 Å². The Kier molecular flexibility index (Phi) is 5.18. The van der Waals surface area contributed by atoms with Gasteiger partial charge in [-0.3, -0.25) is 4.79 Å². The van der Waals surface area contributed by atoms with Crippen molar-refractivity contribution < 1.29 is 9.32 Å². The standard InChI is InChI=1S/C20H24N6O2/c1-3-18-21-20(28-23-18)17-13-26(24-22-17)16-7-9-25(10-8-16)19(27)12-15-6-4-5-14(2)11-15/h4-6,11,13,16H,3,7-10,12H2,1-2H3. The molecule has 0 saturated carbocycles. The Bertz CT molecular complexity index is 955. The van der Waals surface area contributed by atoms with Gasteiger partial charge in [-0.2, -0.15) is 4.98 Å². The first kappa shape index (κ1) is 18.3. The molecule has 0 N–H and O–H groups in total. The number of hydrogen-bond acceptors (Lipinski definition) is 6. The summed E-state index contributed by atoms with van der Waals surface area (Å²) < 4.78 is 7.08. The number of aryl methyl sites for hydroxylation is 2. The van der Waals surface area contributed by atoms with Gasteiger partial charge in [0.25, 0.3) is 5.89 Å². The minimum absolute atomic E-state index is 0.182. The Labute approximate surface area is 163 Å². The van der Waals surface area contributed by atoms with Crippen molar-refractivity contribution in [2.45, 2.75) is 45.6 Å². The number of likely N-dealkylation sites (tertiary alicyclic amines) is 1. The molecule has 2 aromatic heterocycles. The van der Waals surface area contributed by atoms with Gasteiger partial charge in [-0.15, -0.1) is 5.10 Å². The summed E-state index contributed by atoms with van der Waals surface area (Å²) >= 11 is 0. The Morgan fingerprint density at radius 3 is 2.82 bits per heavy atom. The summed E-state index contributed by atoms with van der Waals surface area (Å²) in [5.41, 5.74) is 2.84. The minimum Gasteiger partial charge on any atom is -0.342 e. The van der Waals surface area contributed by atoms with E-state index in [1.165, 1.54) is 5.56 Å². The molecule has 1 amide bonds. The Morgan fingerprint density at radius 2 is 2.11 bits per heavy atom. The lowest BCUT2D eigenvalue weighted by Crippen LogP contribution is -2.40. The molecule has 1 aliphatic rings. The van der Waals surface area contributed by atoms with Gasteiger partial charge in [-0.1, -0.05) is 47.1 Å². The van der Waals surface area contributed by atoms with Crippen LogP contribution >= 0.6 is 0 Å². The summed E-state index contributed by atoms with van der Waals surface area (Å²) in [5, 5.41) is 12.3. The van der Waals surface area contributed by atoms with E-state index in [1.54, 1.807) is 0 Å². The van der Waals surface area contributed by atoms with E-state index in [0.717, 1.165) is 31.5 Å². The van der Waals surface area contributed by atoms with Crippen LogP contribution in [-0.2, 0) is 17.6 Å². The summed E-state index contributed by atoms with van der Waals surface area (Å²) in [6.07, 6.45) is 4.73. The van der Waals surface area contributed by atoms with Gasteiger partial charge in [0.2, 0.25) is 5.91 Å². The fraction of sp³-hybridized carbons (Fsp3) is 0.450. The van der Waals surface area contributed by atoms with Crippen molar-refractivity contribution in [2.75, 3.05) is 13.1 Å². The lowest BCUT2D eigenvalue weighted by molar-refractivity contribution is -0.131. The zero-order valence-corrected chi connectivity index (χ0v) is 16.2. The second-order valence-corrected chi connectivity index (χ2v) is 7.23. The van der Waals surface area contributed by atoms with Crippen LogP contribution in [0.2, 0.25) is 0 Å². The first-order valence-electron chi connectivity index (χ1n) is 9.70. The quantitative estimate of drug-likeness (QED) is 0.676. The number of amides is 1. The van der Waals surface area contributed by atoms with Crippen LogP contribution in [0.15, 0.2) is 35.0 Å². The second-order valence-electron chi connectivity index (χ2n) is 7.23. The molecule has 0 unspecified atom stereocenters. The summed E-state index contributed by atoms with van der Waals surface area (Å²) in [7, 11) is 0. The highest BCUT2D eigenvalue weighted by Gasteiger charge is 2.25. The third kappa shape index (κ3) is 3.95. The van der Waals surface area contributed by atoms with Crippen LogP contribution < -0.4 is 0 Å². The molecule has 0 radical (unpaired) electrons. The average Bonchev–Trinajstić information content (AvgIpc) is 3.37. The van der Waals surface area contributed by atoms with Crippen LogP contribution in [0.1, 0.15) is 42.8 Å². The van der Waals surface area contributed by atoms with E-state index in [1.807, 2.05) is 47.8 Å². The van der Waals surface area contributed by atoms with Gasteiger partial charge in [-0.25, -0.2) is 4.68 Å². The number of nitrogens with zero attached hydrogens (tertiary/aromatic N) is 6. The summed E-state index contributed by atoms with van der Waals surface area (Å²) in [4.78, 5) is 18.8. The van der Waals surface area contributed by atoms with Crippen LogP contribution in [0.5, 0.6) is 0 Å². The molecule has 1 saturated heterocycles. The second kappa shape index (κ2) is 7.92.